The Morgan fingerprint density at radius 2 is 1.75 bits per heavy atom. The fourth-order valence-electron chi connectivity index (χ4n) is 3.91. The topological polar surface area (TPSA) is 88.2 Å². The fraction of sp³-hybridized carbons (Fsp3) is 0.269. The highest BCUT2D eigenvalue weighted by atomic mass is 35.5. The highest BCUT2D eigenvalue weighted by Crippen LogP contribution is 2.34. The first-order valence-corrected chi connectivity index (χ1v) is 13.3. The van der Waals surface area contributed by atoms with Crippen molar-refractivity contribution < 1.29 is 22.7 Å². The second-order valence-electron chi connectivity index (χ2n) is 8.18. The van der Waals surface area contributed by atoms with E-state index in [1.54, 1.807) is 30.3 Å². The first-order valence-electron chi connectivity index (χ1n) is 11.5. The molecule has 0 aliphatic carbocycles. The van der Waals surface area contributed by atoms with E-state index in [-0.39, 0.29) is 22.9 Å². The average molecular weight is 530 g/mol. The van der Waals surface area contributed by atoms with Gasteiger partial charge in [0.1, 0.15) is 12.3 Å². The lowest BCUT2D eigenvalue weighted by Gasteiger charge is -2.29. The molecular formula is C26H28ClN3O5S. The van der Waals surface area contributed by atoms with Crippen LogP contribution in [-0.4, -0.2) is 54.3 Å². The number of nitrogens with one attached hydrogen (secondary N) is 1. The predicted molar refractivity (Wildman–Crippen MR) is 140 cm³/mol. The zero-order chi connectivity index (χ0) is 25.5. The van der Waals surface area contributed by atoms with E-state index >= 15 is 0 Å². The number of hydrogen-bond acceptors (Lipinski definition) is 6. The first kappa shape index (κ1) is 25.8. The van der Waals surface area contributed by atoms with Gasteiger partial charge in [-0.25, -0.2) is 8.42 Å². The second-order valence-corrected chi connectivity index (χ2v) is 10.5. The quantitative estimate of drug-likeness (QED) is 0.455. The molecule has 1 aliphatic heterocycles. The summed E-state index contributed by atoms with van der Waals surface area (Å²) in [6.45, 7) is 2.91. The van der Waals surface area contributed by atoms with Crippen molar-refractivity contribution in [2.45, 2.75) is 11.4 Å². The lowest BCUT2D eigenvalue weighted by Crippen LogP contribution is -2.40. The third-order valence-electron chi connectivity index (χ3n) is 5.83. The molecule has 3 aromatic carbocycles. The van der Waals surface area contributed by atoms with Gasteiger partial charge in [-0.3, -0.25) is 9.10 Å². The van der Waals surface area contributed by atoms with E-state index in [4.69, 9.17) is 21.1 Å². The summed E-state index contributed by atoms with van der Waals surface area (Å²) < 4.78 is 38.9. The summed E-state index contributed by atoms with van der Waals surface area (Å²) in [5.41, 5.74) is 2.18. The molecule has 190 valence electrons. The molecule has 0 aromatic heterocycles. The molecule has 1 fully saturated rings. The van der Waals surface area contributed by atoms with Gasteiger partial charge in [0.25, 0.3) is 10.0 Å². The lowest BCUT2D eigenvalue weighted by molar-refractivity contribution is -0.119. The first-order chi connectivity index (χ1) is 17.4. The van der Waals surface area contributed by atoms with Gasteiger partial charge in [0.15, 0.2) is 0 Å². The number of halogens is 1. The maximum Gasteiger partial charge on any atom is 0.264 e. The van der Waals surface area contributed by atoms with Gasteiger partial charge in [-0.1, -0.05) is 41.9 Å². The Hall–Kier alpha value is -3.27. The largest absolute Gasteiger partial charge is 0.495 e. The molecule has 0 saturated carbocycles. The third-order valence-corrected chi connectivity index (χ3v) is 7.84. The van der Waals surface area contributed by atoms with Crippen LogP contribution in [0.25, 0.3) is 0 Å². The number of anilines is 2. The summed E-state index contributed by atoms with van der Waals surface area (Å²) in [6, 6.07) is 20.5. The molecule has 1 amide bonds. The second kappa shape index (κ2) is 11.6. The standard InChI is InChI=1S/C26H28ClN3O5S/c1-34-25-12-9-21(27)17-24(25)30(36(32,33)23-5-3-2-4-6-23)19-26(31)28-18-20-7-10-22(11-8-20)29-13-15-35-16-14-29/h2-12,17H,13-16,18-19H2,1H3,(H,28,31). The van der Waals surface area contributed by atoms with Crippen LogP contribution in [0.4, 0.5) is 11.4 Å². The Balaban J connectivity index is 1.51. The average Bonchev–Trinajstić information content (AvgIpc) is 2.91. The van der Waals surface area contributed by atoms with Gasteiger partial charge >= 0.3 is 0 Å². The molecule has 4 rings (SSSR count). The summed E-state index contributed by atoms with van der Waals surface area (Å²) in [5.74, 6) is -0.181. The van der Waals surface area contributed by atoms with Crippen LogP contribution in [0.1, 0.15) is 5.56 Å². The Kier molecular flexibility index (Phi) is 8.35. The molecule has 0 spiro atoms. The Labute approximate surface area is 216 Å². The molecule has 0 unspecified atom stereocenters. The predicted octanol–water partition coefficient (Wildman–Crippen LogP) is 3.70. The van der Waals surface area contributed by atoms with Crippen molar-refractivity contribution in [3.05, 3.63) is 83.4 Å². The maximum atomic E-state index is 13.5. The fourth-order valence-corrected chi connectivity index (χ4v) is 5.52. The zero-order valence-electron chi connectivity index (χ0n) is 19.9. The minimum Gasteiger partial charge on any atom is -0.495 e. The molecule has 1 heterocycles. The molecule has 3 aromatic rings. The Bertz CT molecular complexity index is 1280. The van der Waals surface area contributed by atoms with E-state index in [9.17, 15) is 13.2 Å². The zero-order valence-corrected chi connectivity index (χ0v) is 21.5. The van der Waals surface area contributed by atoms with Crippen LogP contribution in [0.5, 0.6) is 5.75 Å². The van der Waals surface area contributed by atoms with Crippen molar-refractivity contribution in [3.63, 3.8) is 0 Å². The van der Waals surface area contributed by atoms with Crippen molar-refractivity contribution >= 4 is 38.9 Å². The number of ether oxygens (including phenoxy) is 2. The summed E-state index contributed by atoms with van der Waals surface area (Å²) in [5, 5.41) is 3.14. The van der Waals surface area contributed by atoms with Gasteiger partial charge in [-0.15, -0.1) is 0 Å². The van der Waals surface area contributed by atoms with E-state index in [0.29, 0.717) is 18.2 Å². The summed E-state index contributed by atoms with van der Waals surface area (Å²) in [7, 11) is -2.65. The van der Waals surface area contributed by atoms with Gasteiger partial charge in [0.2, 0.25) is 5.91 Å². The minimum atomic E-state index is -4.08. The number of methoxy groups -OCH3 is 1. The van der Waals surface area contributed by atoms with Gasteiger partial charge in [0.05, 0.1) is 30.9 Å². The molecular weight excluding hydrogens is 502 g/mol. The van der Waals surface area contributed by atoms with E-state index in [1.165, 1.54) is 25.3 Å². The van der Waals surface area contributed by atoms with Gasteiger partial charge in [-0.05, 0) is 48.0 Å². The van der Waals surface area contributed by atoms with Crippen LogP contribution < -0.4 is 19.3 Å². The normalized spacial score (nSPS) is 13.8. The summed E-state index contributed by atoms with van der Waals surface area (Å²) in [4.78, 5) is 15.3. The number of amides is 1. The van der Waals surface area contributed by atoms with Crippen molar-refractivity contribution in [3.8, 4) is 5.75 Å². The molecule has 36 heavy (non-hydrogen) atoms. The van der Waals surface area contributed by atoms with Crippen molar-refractivity contribution in [2.75, 3.05) is 49.2 Å². The van der Waals surface area contributed by atoms with E-state index < -0.39 is 22.5 Å². The van der Waals surface area contributed by atoms with Crippen LogP contribution in [0.3, 0.4) is 0 Å². The van der Waals surface area contributed by atoms with E-state index in [0.717, 1.165) is 28.6 Å². The van der Waals surface area contributed by atoms with Crippen LogP contribution in [-0.2, 0) is 26.1 Å². The molecule has 1 saturated heterocycles. The number of carbonyl (C=O) groups is 1. The van der Waals surface area contributed by atoms with Crippen LogP contribution in [0.2, 0.25) is 5.02 Å². The van der Waals surface area contributed by atoms with Gasteiger partial charge in [-0.2, -0.15) is 0 Å². The molecule has 1 N–H and O–H groups in total. The number of sulfonamides is 1. The SMILES string of the molecule is COc1ccc(Cl)cc1N(CC(=O)NCc1ccc(N2CCOCC2)cc1)S(=O)(=O)c1ccccc1. The Morgan fingerprint density at radius 3 is 2.42 bits per heavy atom. The number of hydrogen-bond donors (Lipinski definition) is 1. The number of carbonyl (C=O) groups excluding carboxylic acids is 1. The smallest absolute Gasteiger partial charge is 0.264 e. The summed E-state index contributed by atoms with van der Waals surface area (Å²) >= 11 is 6.17. The molecule has 8 nitrogen and oxygen atoms in total. The van der Waals surface area contributed by atoms with Crippen molar-refractivity contribution in [1.29, 1.82) is 0 Å². The van der Waals surface area contributed by atoms with Crippen molar-refractivity contribution in [1.82, 2.24) is 5.32 Å². The summed E-state index contributed by atoms with van der Waals surface area (Å²) in [6.07, 6.45) is 0. The van der Waals surface area contributed by atoms with Crippen molar-refractivity contribution in [2.24, 2.45) is 0 Å². The van der Waals surface area contributed by atoms with Crippen LogP contribution in [0, 0.1) is 0 Å². The number of benzene rings is 3. The minimum absolute atomic E-state index is 0.0542. The number of rotatable bonds is 9. The van der Waals surface area contributed by atoms with Crippen LogP contribution >= 0.6 is 11.6 Å². The van der Waals surface area contributed by atoms with Gasteiger partial charge < -0.3 is 19.7 Å². The van der Waals surface area contributed by atoms with E-state index in [1.807, 2.05) is 24.3 Å². The molecule has 10 heteroatoms. The third kappa shape index (κ3) is 6.10. The van der Waals surface area contributed by atoms with E-state index in [2.05, 4.69) is 10.2 Å². The highest BCUT2D eigenvalue weighted by Gasteiger charge is 2.29. The molecule has 0 radical (unpaired) electrons. The number of nitrogens with zero attached hydrogens (tertiary/aromatic N) is 2. The highest BCUT2D eigenvalue weighted by molar-refractivity contribution is 7.92. The Morgan fingerprint density at radius 1 is 1.06 bits per heavy atom. The van der Waals surface area contributed by atoms with Gasteiger partial charge in [0, 0.05) is 30.3 Å². The lowest BCUT2D eigenvalue weighted by atomic mass is 10.2. The van der Waals surface area contributed by atoms with Crippen LogP contribution in [0.15, 0.2) is 77.7 Å². The number of morpholine rings is 1. The maximum absolute atomic E-state index is 13.5. The molecule has 0 atom stereocenters. The molecule has 0 bridgehead atoms. The monoisotopic (exact) mass is 529 g/mol. The molecule has 1 aliphatic rings.